The summed E-state index contributed by atoms with van der Waals surface area (Å²) >= 11 is 5.24. The summed E-state index contributed by atoms with van der Waals surface area (Å²) in [6.45, 7) is 1.40. The maximum absolute atomic E-state index is 13.2. The summed E-state index contributed by atoms with van der Waals surface area (Å²) in [5, 5.41) is 10.5. The molecule has 0 aromatic heterocycles. The molecule has 15 heavy (non-hydrogen) atoms. The minimum absolute atomic E-state index is 0.170. The fourth-order valence-electron chi connectivity index (χ4n) is 1.14. The van der Waals surface area contributed by atoms with Crippen molar-refractivity contribution in [1.29, 1.82) is 0 Å². The smallest absolute Gasteiger partial charge is 0.273 e. The fourth-order valence-corrected chi connectivity index (χ4v) is 1.29. The number of aryl methyl sites for hydroxylation is 1. The van der Waals surface area contributed by atoms with Gasteiger partial charge in [0.1, 0.15) is 5.82 Å². The van der Waals surface area contributed by atoms with Gasteiger partial charge in [0.05, 0.1) is 16.4 Å². The van der Waals surface area contributed by atoms with E-state index in [2.05, 4.69) is 0 Å². The van der Waals surface area contributed by atoms with Crippen molar-refractivity contribution < 1.29 is 14.1 Å². The summed E-state index contributed by atoms with van der Waals surface area (Å²) in [5.74, 6) is -1.86. The molecule has 1 aromatic carbocycles. The first-order chi connectivity index (χ1) is 6.97. The van der Waals surface area contributed by atoms with Crippen molar-refractivity contribution in [2.24, 2.45) is 0 Å². The number of carbonyl (C=O) groups is 1. The number of nitro groups is 1. The van der Waals surface area contributed by atoms with Crippen molar-refractivity contribution in [1.82, 2.24) is 0 Å². The van der Waals surface area contributed by atoms with E-state index in [1.54, 1.807) is 0 Å². The van der Waals surface area contributed by atoms with Crippen LogP contribution in [0, 0.1) is 22.9 Å². The Morgan fingerprint density at radius 3 is 2.67 bits per heavy atom. The average molecular weight is 232 g/mol. The van der Waals surface area contributed by atoms with Crippen LogP contribution in [-0.4, -0.2) is 16.6 Å². The molecule has 0 spiro atoms. The van der Waals surface area contributed by atoms with Gasteiger partial charge in [-0.3, -0.25) is 14.9 Å². The summed E-state index contributed by atoms with van der Waals surface area (Å²) in [6, 6.07) is 1.87. The van der Waals surface area contributed by atoms with Crippen LogP contribution < -0.4 is 0 Å². The molecule has 0 aliphatic heterocycles. The largest absolute Gasteiger partial charge is 0.293 e. The van der Waals surface area contributed by atoms with Crippen LogP contribution in [0.1, 0.15) is 15.9 Å². The summed E-state index contributed by atoms with van der Waals surface area (Å²) in [5.41, 5.74) is -0.462. The van der Waals surface area contributed by atoms with Crippen molar-refractivity contribution in [3.63, 3.8) is 0 Å². The number of halogens is 2. The molecular formula is C9H7ClFNO3. The van der Waals surface area contributed by atoms with Crippen LogP contribution in [-0.2, 0) is 0 Å². The second kappa shape index (κ2) is 4.35. The fraction of sp³-hybridized carbons (Fsp3) is 0.222. The number of ketones is 1. The zero-order chi connectivity index (χ0) is 11.6. The van der Waals surface area contributed by atoms with Gasteiger partial charge in [0, 0.05) is 11.6 Å². The Hall–Kier alpha value is -1.49. The lowest BCUT2D eigenvalue weighted by molar-refractivity contribution is -0.385. The Morgan fingerprint density at radius 1 is 1.60 bits per heavy atom. The molecular weight excluding hydrogens is 225 g/mol. The molecule has 1 rings (SSSR count). The van der Waals surface area contributed by atoms with Gasteiger partial charge in [-0.1, -0.05) is 0 Å². The lowest BCUT2D eigenvalue weighted by Crippen LogP contribution is -2.06. The quantitative estimate of drug-likeness (QED) is 0.347. The first-order valence-electron chi connectivity index (χ1n) is 4.01. The van der Waals surface area contributed by atoms with Gasteiger partial charge in [-0.25, -0.2) is 4.39 Å². The molecule has 0 heterocycles. The molecule has 0 atom stereocenters. The first-order valence-corrected chi connectivity index (χ1v) is 4.54. The van der Waals surface area contributed by atoms with Crippen molar-refractivity contribution >= 4 is 23.1 Å². The zero-order valence-electron chi connectivity index (χ0n) is 7.79. The molecule has 0 unspecified atom stereocenters. The van der Waals surface area contributed by atoms with E-state index < -0.39 is 22.4 Å². The van der Waals surface area contributed by atoms with Crippen molar-refractivity contribution in [2.75, 3.05) is 5.88 Å². The van der Waals surface area contributed by atoms with Gasteiger partial charge in [0.15, 0.2) is 5.78 Å². The maximum atomic E-state index is 13.2. The highest BCUT2D eigenvalue weighted by Crippen LogP contribution is 2.22. The number of hydrogen-bond acceptors (Lipinski definition) is 3. The summed E-state index contributed by atoms with van der Waals surface area (Å²) in [4.78, 5) is 21.0. The lowest BCUT2D eigenvalue weighted by Gasteiger charge is -2.02. The van der Waals surface area contributed by atoms with Crippen LogP contribution in [0.4, 0.5) is 10.1 Å². The Bertz CT molecular complexity index is 434. The standard InChI is InChI=1S/C9H7ClFNO3/c1-5-2-7(11)6(9(13)4-10)3-8(5)12(14)15/h2-3H,4H2,1H3. The van der Waals surface area contributed by atoms with Gasteiger partial charge in [0.25, 0.3) is 5.69 Å². The van der Waals surface area contributed by atoms with Crippen LogP contribution in [0.25, 0.3) is 0 Å². The Balaban J connectivity index is 3.36. The molecule has 4 nitrogen and oxygen atoms in total. The number of rotatable bonds is 3. The molecule has 0 saturated heterocycles. The van der Waals surface area contributed by atoms with E-state index in [1.807, 2.05) is 0 Å². The van der Waals surface area contributed by atoms with E-state index >= 15 is 0 Å². The Kier molecular flexibility index (Phi) is 3.36. The van der Waals surface area contributed by atoms with Crippen LogP contribution in [0.2, 0.25) is 0 Å². The maximum Gasteiger partial charge on any atom is 0.273 e. The summed E-state index contributed by atoms with van der Waals surface area (Å²) in [6.07, 6.45) is 0. The molecule has 0 fully saturated rings. The van der Waals surface area contributed by atoms with Gasteiger partial charge in [0.2, 0.25) is 0 Å². The van der Waals surface area contributed by atoms with E-state index in [1.165, 1.54) is 6.92 Å². The number of alkyl halides is 1. The summed E-state index contributed by atoms with van der Waals surface area (Å²) in [7, 11) is 0. The minimum Gasteiger partial charge on any atom is -0.293 e. The Morgan fingerprint density at radius 2 is 2.20 bits per heavy atom. The number of carbonyl (C=O) groups excluding carboxylic acids is 1. The number of benzene rings is 1. The predicted molar refractivity (Wildman–Crippen MR) is 52.8 cm³/mol. The van der Waals surface area contributed by atoms with E-state index in [0.717, 1.165) is 12.1 Å². The molecule has 0 radical (unpaired) electrons. The van der Waals surface area contributed by atoms with Crippen molar-refractivity contribution in [3.05, 3.63) is 39.2 Å². The second-order valence-electron chi connectivity index (χ2n) is 2.93. The normalized spacial score (nSPS) is 10.1. The number of Topliss-reactive ketones (excluding diaryl/α,β-unsaturated/α-hetero) is 1. The molecule has 0 bridgehead atoms. The highest BCUT2D eigenvalue weighted by Gasteiger charge is 2.19. The number of nitrogens with zero attached hydrogens (tertiary/aromatic N) is 1. The second-order valence-corrected chi connectivity index (χ2v) is 3.20. The van der Waals surface area contributed by atoms with Crippen LogP contribution in [0.5, 0.6) is 0 Å². The molecule has 0 aliphatic rings. The summed E-state index contributed by atoms with van der Waals surface area (Å²) < 4.78 is 13.2. The minimum atomic E-state index is -0.788. The van der Waals surface area contributed by atoms with Gasteiger partial charge >= 0.3 is 0 Å². The number of hydrogen-bond donors (Lipinski definition) is 0. The van der Waals surface area contributed by atoms with Crippen LogP contribution in [0.3, 0.4) is 0 Å². The van der Waals surface area contributed by atoms with Crippen LogP contribution >= 0.6 is 11.6 Å². The molecule has 0 saturated carbocycles. The molecule has 80 valence electrons. The average Bonchev–Trinajstić information content (AvgIpc) is 2.16. The molecule has 0 amide bonds. The van der Waals surface area contributed by atoms with Gasteiger partial charge in [-0.05, 0) is 13.0 Å². The molecule has 0 N–H and O–H groups in total. The third-order valence-electron chi connectivity index (χ3n) is 1.90. The Labute approximate surface area is 89.8 Å². The molecule has 6 heteroatoms. The van der Waals surface area contributed by atoms with Crippen molar-refractivity contribution in [3.8, 4) is 0 Å². The lowest BCUT2D eigenvalue weighted by atomic mass is 10.1. The predicted octanol–water partition coefficient (Wildman–Crippen LogP) is 2.46. The van der Waals surface area contributed by atoms with E-state index in [9.17, 15) is 19.3 Å². The number of nitro benzene ring substituents is 1. The molecule has 0 aliphatic carbocycles. The van der Waals surface area contributed by atoms with Gasteiger partial charge < -0.3 is 0 Å². The van der Waals surface area contributed by atoms with E-state index in [-0.39, 0.29) is 16.8 Å². The highest BCUT2D eigenvalue weighted by atomic mass is 35.5. The first kappa shape index (κ1) is 11.6. The van der Waals surface area contributed by atoms with Crippen molar-refractivity contribution in [2.45, 2.75) is 6.92 Å². The topological polar surface area (TPSA) is 60.2 Å². The third kappa shape index (κ3) is 2.30. The third-order valence-corrected chi connectivity index (χ3v) is 2.15. The SMILES string of the molecule is Cc1cc(F)c(C(=O)CCl)cc1[N+](=O)[O-]. The monoisotopic (exact) mass is 231 g/mol. The van der Waals surface area contributed by atoms with Gasteiger partial charge in [-0.15, -0.1) is 11.6 Å². The van der Waals surface area contributed by atoms with E-state index in [0.29, 0.717) is 0 Å². The van der Waals surface area contributed by atoms with Crippen LogP contribution in [0.15, 0.2) is 12.1 Å². The van der Waals surface area contributed by atoms with Gasteiger partial charge in [-0.2, -0.15) is 0 Å². The van der Waals surface area contributed by atoms with E-state index in [4.69, 9.17) is 11.6 Å². The highest BCUT2D eigenvalue weighted by molar-refractivity contribution is 6.30. The molecule has 1 aromatic rings. The zero-order valence-corrected chi connectivity index (χ0v) is 8.55.